The maximum atomic E-state index is 13.3. The number of carbonyl (C=O) groups excluding carboxylic acids is 1. The summed E-state index contributed by atoms with van der Waals surface area (Å²) in [4.78, 5) is 17.7. The lowest BCUT2D eigenvalue weighted by Crippen LogP contribution is -2.56. The minimum absolute atomic E-state index is 0.215. The molecule has 3 rings (SSSR count). The van der Waals surface area contributed by atoms with Gasteiger partial charge < -0.3 is 14.6 Å². The summed E-state index contributed by atoms with van der Waals surface area (Å²) in [5, 5.41) is 3.44. The summed E-state index contributed by atoms with van der Waals surface area (Å²) < 4.78 is 5.67. The minimum Gasteiger partial charge on any atom is -0.467 e. The fourth-order valence-corrected chi connectivity index (χ4v) is 3.93. The van der Waals surface area contributed by atoms with Gasteiger partial charge in [0.15, 0.2) is 0 Å². The molecule has 1 aromatic rings. The molecule has 3 heterocycles. The number of amides is 1. The number of rotatable bonds is 4. The maximum Gasteiger partial charge on any atom is 0.247 e. The number of nitrogens with one attached hydrogen (secondary N) is 1. The molecule has 1 amide bonds. The molecule has 0 radical (unpaired) electrons. The lowest BCUT2D eigenvalue weighted by molar-refractivity contribution is -0.141. The molecule has 0 aliphatic carbocycles. The van der Waals surface area contributed by atoms with Crippen LogP contribution in [0, 0.1) is 5.92 Å². The first-order valence-corrected chi connectivity index (χ1v) is 8.99. The summed E-state index contributed by atoms with van der Waals surface area (Å²) in [7, 11) is 0. The second-order valence-corrected chi connectivity index (χ2v) is 6.95. The van der Waals surface area contributed by atoms with Crippen molar-refractivity contribution in [2.24, 2.45) is 5.92 Å². The van der Waals surface area contributed by atoms with Crippen molar-refractivity contribution in [3.8, 4) is 0 Å². The third-order valence-electron chi connectivity index (χ3n) is 5.21. The fourth-order valence-electron chi connectivity index (χ4n) is 3.93. The second kappa shape index (κ2) is 7.49. The molecule has 23 heavy (non-hydrogen) atoms. The van der Waals surface area contributed by atoms with Crippen molar-refractivity contribution < 1.29 is 9.21 Å². The molecule has 5 heteroatoms. The Balaban J connectivity index is 1.84. The first-order valence-electron chi connectivity index (χ1n) is 8.99. The smallest absolute Gasteiger partial charge is 0.247 e. The Morgan fingerprint density at radius 1 is 1.48 bits per heavy atom. The Bertz CT molecular complexity index is 502. The Kier molecular flexibility index (Phi) is 5.38. The van der Waals surface area contributed by atoms with Gasteiger partial charge in [-0.05, 0) is 37.3 Å². The number of furan rings is 1. The summed E-state index contributed by atoms with van der Waals surface area (Å²) in [5.74, 6) is 1.59. The summed E-state index contributed by atoms with van der Waals surface area (Å²) in [6, 6.07) is 3.94. The van der Waals surface area contributed by atoms with E-state index in [1.807, 2.05) is 12.1 Å². The van der Waals surface area contributed by atoms with Crippen molar-refractivity contribution in [1.29, 1.82) is 0 Å². The van der Waals surface area contributed by atoms with E-state index in [9.17, 15) is 4.79 Å². The molecule has 0 bridgehead atoms. The molecule has 2 fully saturated rings. The van der Waals surface area contributed by atoms with Gasteiger partial charge in [0.05, 0.1) is 6.26 Å². The molecule has 1 aromatic heterocycles. The molecule has 3 unspecified atom stereocenters. The number of piperidine rings is 1. The minimum atomic E-state index is -0.276. The van der Waals surface area contributed by atoms with Crippen molar-refractivity contribution in [2.45, 2.75) is 45.2 Å². The standard InChI is InChI=1S/C18H29N3O2/c1-3-15-12-19-8-10-21(15)17(16-7-5-11-23-16)18(22)20-9-4-6-14(2)13-20/h5,7,11,14-15,17,19H,3-4,6,8-10,12-13H2,1-2H3. The molecule has 2 saturated heterocycles. The predicted octanol–water partition coefficient (Wildman–Crippen LogP) is 2.26. The van der Waals surface area contributed by atoms with Gasteiger partial charge >= 0.3 is 0 Å². The quantitative estimate of drug-likeness (QED) is 0.925. The van der Waals surface area contributed by atoms with Crippen molar-refractivity contribution in [3.05, 3.63) is 24.2 Å². The van der Waals surface area contributed by atoms with Gasteiger partial charge in [-0.2, -0.15) is 0 Å². The molecule has 0 aromatic carbocycles. The van der Waals surface area contributed by atoms with Gasteiger partial charge in [0.2, 0.25) is 5.91 Å². The fraction of sp³-hybridized carbons (Fsp3) is 0.722. The van der Waals surface area contributed by atoms with Crippen molar-refractivity contribution >= 4 is 5.91 Å². The predicted molar refractivity (Wildman–Crippen MR) is 90.1 cm³/mol. The maximum absolute atomic E-state index is 13.3. The van der Waals surface area contributed by atoms with Crippen molar-refractivity contribution in [3.63, 3.8) is 0 Å². The van der Waals surface area contributed by atoms with Gasteiger partial charge in [0.25, 0.3) is 0 Å². The zero-order valence-corrected chi connectivity index (χ0v) is 14.3. The highest BCUT2D eigenvalue weighted by atomic mass is 16.3. The summed E-state index contributed by atoms with van der Waals surface area (Å²) in [6.45, 7) is 8.94. The second-order valence-electron chi connectivity index (χ2n) is 6.95. The lowest BCUT2D eigenvalue weighted by atomic mass is 9.98. The first kappa shape index (κ1) is 16.5. The number of nitrogens with zero attached hydrogens (tertiary/aromatic N) is 2. The van der Waals surface area contributed by atoms with Crippen LogP contribution in [0.25, 0.3) is 0 Å². The monoisotopic (exact) mass is 319 g/mol. The van der Waals surface area contributed by atoms with Crippen LogP contribution in [0.2, 0.25) is 0 Å². The highest BCUT2D eigenvalue weighted by Crippen LogP contribution is 2.29. The van der Waals surface area contributed by atoms with E-state index >= 15 is 0 Å². The van der Waals surface area contributed by atoms with Gasteiger partial charge in [-0.15, -0.1) is 0 Å². The lowest BCUT2D eigenvalue weighted by Gasteiger charge is -2.42. The van der Waals surface area contributed by atoms with E-state index in [1.165, 1.54) is 6.42 Å². The molecule has 128 valence electrons. The van der Waals surface area contributed by atoms with Crippen LogP contribution in [0.3, 0.4) is 0 Å². The van der Waals surface area contributed by atoms with E-state index in [1.54, 1.807) is 6.26 Å². The molecule has 1 N–H and O–H groups in total. The topological polar surface area (TPSA) is 48.7 Å². The number of piperazine rings is 1. The Labute approximate surface area is 139 Å². The summed E-state index contributed by atoms with van der Waals surface area (Å²) >= 11 is 0. The number of hydrogen-bond donors (Lipinski definition) is 1. The summed E-state index contributed by atoms with van der Waals surface area (Å²) in [5.41, 5.74) is 0. The van der Waals surface area contributed by atoms with Crippen LogP contribution in [0.5, 0.6) is 0 Å². The van der Waals surface area contributed by atoms with Crippen LogP contribution in [-0.2, 0) is 4.79 Å². The molecule has 2 aliphatic heterocycles. The zero-order chi connectivity index (χ0) is 16.2. The van der Waals surface area contributed by atoms with Gasteiger partial charge in [-0.25, -0.2) is 0 Å². The zero-order valence-electron chi connectivity index (χ0n) is 14.3. The number of carbonyl (C=O) groups is 1. The molecule has 5 nitrogen and oxygen atoms in total. The van der Waals surface area contributed by atoms with E-state index in [0.717, 1.165) is 51.3 Å². The average Bonchev–Trinajstić information content (AvgIpc) is 3.09. The van der Waals surface area contributed by atoms with Gasteiger partial charge in [0.1, 0.15) is 11.8 Å². The highest BCUT2D eigenvalue weighted by Gasteiger charge is 2.38. The van der Waals surface area contributed by atoms with Crippen LogP contribution in [-0.4, -0.2) is 54.5 Å². The number of hydrogen-bond acceptors (Lipinski definition) is 4. The van der Waals surface area contributed by atoms with Crippen molar-refractivity contribution in [2.75, 3.05) is 32.7 Å². The Hall–Kier alpha value is -1.33. The number of likely N-dealkylation sites (tertiary alicyclic amines) is 1. The molecular weight excluding hydrogens is 290 g/mol. The van der Waals surface area contributed by atoms with Crippen LogP contribution in [0.15, 0.2) is 22.8 Å². The van der Waals surface area contributed by atoms with E-state index in [4.69, 9.17) is 4.42 Å². The highest BCUT2D eigenvalue weighted by molar-refractivity contribution is 5.83. The summed E-state index contributed by atoms with van der Waals surface area (Å²) in [6.07, 6.45) is 5.04. The van der Waals surface area contributed by atoms with E-state index in [0.29, 0.717) is 12.0 Å². The van der Waals surface area contributed by atoms with Crippen LogP contribution >= 0.6 is 0 Å². The van der Waals surface area contributed by atoms with Crippen LogP contribution in [0.1, 0.15) is 44.9 Å². The first-order chi connectivity index (χ1) is 11.2. The largest absolute Gasteiger partial charge is 0.467 e. The third kappa shape index (κ3) is 3.61. The molecule has 2 aliphatic rings. The van der Waals surface area contributed by atoms with Crippen LogP contribution < -0.4 is 5.32 Å². The molecular formula is C18H29N3O2. The Morgan fingerprint density at radius 3 is 3.04 bits per heavy atom. The van der Waals surface area contributed by atoms with Gasteiger partial charge in [-0.1, -0.05) is 13.8 Å². The molecule has 0 spiro atoms. The normalized spacial score (nSPS) is 27.8. The van der Waals surface area contributed by atoms with Gasteiger partial charge in [0, 0.05) is 38.8 Å². The van der Waals surface area contributed by atoms with Crippen molar-refractivity contribution in [1.82, 2.24) is 15.1 Å². The SMILES string of the molecule is CCC1CNCCN1C(C(=O)N1CCCC(C)C1)c1ccco1. The molecule has 3 atom stereocenters. The molecule has 0 saturated carbocycles. The van der Waals surface area contributed by atoms with E-state index < -0.39 is 0 Å². The van der Waals surface area contributed by atoms with E-state index in [-0.39, 0.29) is 11.9 Å². The van der Waals surface area contributed by atoms with Gasteiger partial charge in [-0.3, -0.25) is 9.69 Å². The Morgan fingerprint density at radius 2 is 2.35 bits per heavy atom. The third-order valence-corrected chi connectivity index (χ3v) is 5.21. The van der Waals surface area contributed by atoms with E-state index in [2.05, 4.69) is 29.0 Å². The van der Waals surface area contributed by atoms with Crippen LogP contribution in [0.4, 0.5) is 0 Å². The average molecular weight is 319 g/mol.